The minimum absolute atomic E-state index is 0.0345. The number of thiazole rings is 1. The Kier molecular flexibility index (Phi) is 14.7. The summed E-state index contributed by atoms with van der Waals surface area (Å²) in [5.74, 6) is -4.27. The third-order valence-electron chi connectivity index (χ3n) is 6.61. The molecule has 0 aliphatic carbocycles. The van der Waals surface area contributed by atoms with E-state index >= 15 is 0 Å². The van der Waals surface area contributed by atoms with Crippen molar-refractivity contribution in [1.82, 2.24) is 20.9 Å². The third-order valence-corrected chi connectivity index (χ3v) is 7.52. The van der Waals surface area contributed by atoms with Crippen LogP contribution in [0.3, 0.4) is 0 Å². The molecule has 2 aromatic rings. The van der Waals surface area contributed by atoms with Crippen molar-refractivity contribution in [3.8, 4) is 0 Å². The molecule has 1 aromatic carbocycles. The number of ether oxygens (including phenoxy) is 4. The highest BCUT2D eigenvalue weighted by Crippen LogP contribution is 2.21. The first kappa shape index (κ1) is 37.0. The molecule has 0 fully saturated rings. The SMILES string of the molecule is CC[C@@](C)(OC(=O)COC(C)=O)C(=O)[C@H](Cc1ccccc1)NC(=O)[C@H](COC)NC(=O)[C@H](COC)NC(=O)c1cnc(C)s1. The predicted octanol–water partition coefficient (Wildman–Crippen LogP) is 0.899. The minimum Gasteiger partial charge on any atom is -0.454 e. The van der Waals surface area contributed by atoms with E-state index in [1.165, 1.54) is 27.3 Å². The number of Topliss-reactive ketones (excluding diaryl/α,β-unsaturated/α-hetero) is 1. The van der Waals surface area contributed by atoms with Gasteiger partial charge in [-0.25, -0.2) is 9.78 Å². The molecule has 0 unspecified atom stereocenters. The second-order valence-electron chi connectivity index (χ2n) is 10.2. The molecule has 0 saturated carbocycles. The van der Waals surface area contributed by atoms with Crippen molar-refractivity contribution in [1.29, 1.82) is 0 Å². The summed E-state index contributed by atoms with van der Waals surface area (Å²) in [7, 11) is 2.68. The number of aromatic nitrogens is 1. The number of rotatable bonds is 18. The lowest BCUT2D eigenvalue weighted by Crippen LogP contribution is -2.60. The number of methoxy groups -OCH3 is 2. The van der Waals surface area contributed by atoms with Crippen LogP contribution in [-0.2, 0) is 49.3 Å². The van der Waals surface area contributed by atoms with Crippen molar-refractivity contribution >= 4 is 46.8 Å². The maximum Gasteiger partial charge on any atom is 0.345 e. The fraction of sp³-hybridized carbons (Fsp3) is 0.500. The van der Waals surface area contributed by atoms with Crippen LogP contribution in [0.5, 0.6) is 0 Å². The van der Waals surface area contributed by atoms with Gasteiger partial charge in [0.25, 0.3) is 5.91 Å². The number of aryl methyl sites for hydroxylation is 1. The van der Waals surface area contributed by atoms with E-state index in [1.54, 1.807) is 44.2 Å². The number of nitrogens with one attached hydrogen (secondary N) is 3. The van der Waals surface area contributed by atoms with Gasteiger partial charge in [0.15, 0.2) is 18.0 Å². The highest BCUT2D eigenvalue weighted by atomic mass is 32.1. The summed E-state index contributed by atoms with van der Waals surface area (Å²) >= 11 is 1.15. The van der Waals surface area contributed by atoms with E-state index in [-0.39, 0.29) is 26.1 Å². The van der Waals surface area contributed by atoms with Gasteiger partial charge < -0.3 is 34.9 Å². The van der Waals surface area contributed by atoms with Crippen molar-refractivity contribution < 1.29 is 47.7 Å². The van der Waals surface area contributed by atoms with Gasteiger partial charge in [0, 0.05) is 21.1 Å². The zero-order valence-electron chi connectivity index (χ0n) is 26.2. The fourth-order valence-corrected chi connectivity index (χ4v) is 4.79. The summed E-state index contributed by atoms with van der Waals surface area (Å²) in [5, 5.41) is 8.48. The van der Waals surface area contributed by atoms with Crippen LogP contribution in [0.1, 0.15) is 47.4 Å². The Hall–Kier alpha value is -4.21. The van der Waals surface area contributed by atoms with Gasteiger partial charge in [0.05, 0.1) is 30.5 Å². The lowest BCUT2D eigenvalue weighted by molar-refractivity contribution is -0.173. The lowest BCUT2D eigenvalue weighted by Gasteiger charge is -2.32. The van der Waals surface area contributed by atoms with E-state index in [9.17, 15) is 28.8 Å². The van der Waals surface area contributed by atoms with E-state index in [4.69, 9.17) is 18.9 Å². The lowest BCUT2D eigenvalue weighted by atomic mass is 9.88. The van der Waals surface area contributed by atoms with Crippen molar-refractivity contribution in [2.45, 2.75) is 64.3 Å². The van der Waals surface area contributed by atoms with Gasteiger partial charge in [0.2, 0.25) is 11.8 Å². The Bertz CT molecular complexity index is 1340. The van der Waals surface area contributed by atoms with Gasteiger partial charge in [-0.05, 0) is 32.3 Å². The Morgan fingerprint density at radius 2 is 1.49 bits per heavy atom. The molecule has 2 rings (SSSR count). The number of carbonyl (C=O) groups is 6. The molecule has 0 saturated heterocycles. The molecule has 246 valence electrons. The normalized spacial score (nSPS) is 14.2. The molecule has 3 N–H and O–H groups in total. The molecule has 0 bridgehead atoms. The molecule has 1 aromatic heterocycles. The van der Waals surface area contributed by atoms with Crippen molar-refractivity contribution in [3.05, 3.63) is 52.0 Å². The third kappa shape index (κ3) is 11.7. The van der Waals surface area contributed by atoms with Gasteiger partial charge in [-0.15, -0.1) is 11.3 Å². The molecular weight excluding hydrogens is 608 g/mol. The Balaban J connectivity index is 2.27. The van der Waals surface area contributed by atoms with Gasteiger partial charge in [-0.3, -0.25) is 24.0 Å². The first-order valence-electron chi connectivity index (χ1n) is 14.1. The average molecular weight is 649 g/mol. The van der Waals surface area contributed by atoms with Gasteiger partial charge >= 0.3 is 11.9 Å². The van der Waals surface area contributed by atoms with Crippen LogP contribution < -0.4 is 16.0 Å². The molecule has 0 spiro atoms. The number of benzene rings is 1. The van der Waals surface area contributed by atoms with Crippen molar-refractivity contribution in [2.75, 3.05) is 34.0 Å². The monoisotopic (exact) mass is 648 g/mol. The number of esters is 2. The molecule has 14 nitrogen and oxygen atoms in total. The summed E-state index contributed by atoms with van der Waals surface area (Å²) in [4.78, 5) is 81.2. The van der Waals surface area contributed by atoms with Crippen LogP contribution >= 0.6 is 11.3 Å². The smallest absolute Gasteiger partial charge is 0.345 e. The van der Waals surface area contributed by atoms with Gasteiger partial charge in [0.1, 0.15) is 17.0 Å². The van der Waals surface area contributed by atoms with Crippen LogP contribution in [0.25, 0.3) is 0 Å². The summed E-state index contributed by atoms with van der Waals surface area (Å²) in [6.45, 7) is 4.75. The molecule has 0 aliphatic heterocycles. The van der Waals surface area contributed by atoms with E-state index < -0.39 is 65.8 Å². The number of nitrogens with zero attached hydrogens (tertiary/aromatic N) is 1. The first-order valence-corrected chi connectivity index (χ1v) is 14.9. The Labute approximate surface area is 265 Å². The fourth-order valence-electron chi connectivity index (χ4n) is 4.11. The zero-order valence-corrected chi connectivity index (χ0v) is 27.0. The summed E-state index contributed by atoms with van der Waals surface area (Å²) in [5.41, 5.74) is -0.985. The average Bonchev–Trinajstić information content (AvgIpc) is 3.45. The highest BCUT2D eigenvalue weighted by molar-refractivity contribution is 7.13. The predicted molar refractivity (Wildman–Crippen MR) is 162 cm³/mol. The van der Waals surface area contributed by atoms with Gasteiger partial charge in [-0.1, -0.05) is 37.3 Å². The standard InChI is InChI=1S/C30H40N4O10S/c1-7-30(4,44-25(36)17-43-19(3)35)26(37)21(13-20-11-9-8-10-12-20)32-27(38)22(15-41-5)33-28(39)23(16-42-6)34-29(40)24-14-31-18(2)45-24/h8-12,14,21-23H,7,13,15-17H2,1-6H3,(H,32,38)(H,33,39)(H,34,40)/t21-,22-,23-,30+/m0/s1. The number of amides is 3. The van der Waals surface area contributed by atoms with Gasteiger partial charge in [-0.2, -0.15) is 0 Å². The second-order valence-corrected chi connectivity index (χ2v) is 11.4. The highest BCUT2D eigenvalue weighted by Gasteiger charge is 2.41. The van der Waals surface area contributed by atoms with E-state index in [2.05, 4.69) is 20.9 Å². The molecule has 0 radical (unpaired) electrons. The molecule has 4 atom stereocenters. The molecule has 45 heavy (non-hydrogen) atoms. The molecular formula is C30H40N4O10S. The Morgan fingerprint density at radius 1 is 0.911 bits per heavy atom. The first-order chi connectivity index (χ1) is 21.3. The van der Waals surface area contributed by atoms with Crippen molar-refractivity contribution in [3.63, 3.8) is 0 Å². The zero-order chi connectivity index (χ0) is 33.6. The van der Waals surface area contributed by atoms with E-state index in [0.717, 1.165) is 18.3 Å². The van der Waals surface area contributed by atoms with Crippen LogP contribution in [0.15, 0.2) is 36.5 Å². The van der Waals surface area contributed by atoms with Crippen LogP contribution in [0, 0.1) is 6.92 Å². The van der Waals surface area contributed by atoms with Crippen LogP contribution in [-0.4, -0.2) is 98.2 Å². The van der Waals surface area contributed by atoms with Crippen LogP contribution in [0.2, 0.25) is 0 Å². The maximum absolute atomic E-state index is 13.9. The topological polar surface area (TPSA) is 188 Å². The number of hydrogen-bond acceptors (Lipinski definition) is 12. The number of carbonyl (C=O) groups excluding carboxylic acids is 6. The summed E-state index contributed by atoms with van der Waals surface area (Å²) in [6, 6.07) is 5.20. The van der Waals surface area contributed by atoms with Crippen LogP contribution in [0.4, 0.5) is 0 Å². The number of ketones is 1. The molecule has 3 amide bonds. The largest absolute Gasteiger partial charge is 0.454 e. The van der Waals surface area contributed by atoms with Crippen molar-refractivity contribution in [2.24, 2.45) is 0 Å². The number of hydrogen-bond donors (Lipinski definition) is 3. The maximum atomic E-state index is 13.9. The molecule has 0 aliphatic rings. The second kappa shape index (κ2) is 17.9. The Morgan fingerprint density at radius 3 is 2.00 bits per heavy atom. The summed E-state index contributed by atoms with van der Waals surface area (Å²) < 4.78 is 20.4. The summed E-state index contributed by atoms with van der Waals surface area (Å²) in [6.07, 6.45) is 1.47. The molecule has 15 heteroatoms. The molecule has 1 heterocycles. The minimum atomic E-state index is -1.69. The van der Waals surface area contributed by atoms with E-state index in [0.29, 0.717) is 15.4 Å². The van der Waals surface area contributed by atoms with E-state index in [1.807, 2.05) is 0 Å². The quantitative estimate of drug-likeness (QED) is 0.195.